The second kappa shape index (κ2) is 14.7. The number of amides is 2. The molecule has 1 saturated heterocycles. The van der Waals surface area contributed by atoms with E-state index in [1.807, 2.05) is 43.5 Å². The van der Waals surface area contributed by atoms with E-state index in [-0.39, 0.29) is 48.8 Å². The Kier molecular flexibility index (Phi) is 10.4. The summed E-state index contributed by atoms with van der Waals surface area (Å²) in [5, 5.41) is 3.59. The maximum atomic E-state index is 14.5. The third-order valence-electron chi connectivity index (χ3n) is 12.1. The molecule has 0 radical (unpaired) electrons. The molecule has 2 aliphatic heterocycles. The summed E-state index contributed by atoms with van der Waals surface area (Å²) >= 11 is 1.52. The first-order valence-corrected chi connectivity index (χ1v) is 21.7. The number of methoxy groups -OCH3 is 1. The second-order valence-electron chi connectivity index (χ2n) is 16.5. The molecular weight excluding hydrogens is 725 g/mol. The largest absolute Gasteiger partial charge is 0.496 e. The van der Waals surface area contributed by atoms with Gasteiger partial charge in [-0.25, -0.2) is 18.4 Å². The summed E-state index contributed by atoms with van der Waals surface area (Å²) in [5.41, 5.74) is 2.03. The van der Waals surface area contributed by atoms with Crippen LogP contribution in [0, 0.1) is 24.2 Å². The lowest BCUT2D eigenvalue weighted by Gasteiger charge is -2.28. The molecule has 5 atom stereocenters. The number of ether oxygens (including phenoxy) is 2. The number of hydrogen-bond acceptors (Lipinski definition) is 10. The quantitative estimate of drug-likeness (QED) is 0.234. The molecule has 0 unspecified atom stereocenters. The van der Waals surface area contributed by atoms with Gasteiger partial charge in [-0.05, 0) is 76.3 Å². The highest BCUT2D eigenvalue weighted by Gasteiger charge is 2.62. The van der Waals surface area contributed by atoms with Crippen molar-refractivity contribution in [3.05, 3.63) is 47.0 Å². The highest BCUT2D eigenvalue weighted by atomic mass is 32.2. The highest BCUT2D eigenvalue weighted by molar-refractivity contribution is 7.91. The molecule has 4 aliphatic rings. The van der Waals surface area contributed by atoms with E-state index in [9.17, 15) is 22.8 Å². The minimum absolute atomic E-state index is 0.104. The van der Waals surface area contributed by atoms with Gasteiger partial charge < -0.3 is 14.4 Å². The van der Waals surface area contributed by atoms with Crippen LogP contribution < -0.4 is 14.2 Å². The van der Waals surface area contributed by atoms with Crippen LogP contribution >= 0.6 is 11.3 Å². The molecular formula is C41H52N4O7S2. The number of thiazole rings is 1. The number of fused-ring (bicyclic) bond motifs is 3. The zero-order valence-corrected chi connectivity index (χ0v) is 33.8. The number of nitrogens with zero attached hydrogens (tertiary/aromatic N) is 3. The Labute approximate surface area is 322 Å². The van der Waals surface area contributed by atoms with Crippen LogP contribution in [0.15, 0.2) is 35.7 Å². The first kappa shape index (κ1) is 38.4. The number of sulfonamides is 1. The fourth-order valence-electron chi connectivity index (χ4n) is 7.99. The Bertz CT molecular complexity index is 2110. The molecule has 3 aromatic rings. The molecule has 0 bridgehead atoms. The Balaban J connectivity index is 1.21. The van der Waals surface area contributed by atoms with E-state index in [1.54, 1.807) is 18.9 Å². The van der Waals surface area contributed by atoms with Crippen LogP contribution in [-0.4, -0.2) is 71.4 Å². The summed E-state index contributed by atoms with van der Waals surface area (Å²) in [4.78, 5) is 54.1. The van der Waals surface area contributed by atoms with Crippen LogP contribution in [0.1, 0.15) is 109 Å². The zero-order chi connectivity index (χ0) is 38.6. The fraction of sp³-hybridized carbons (Fsp3) is 0.585. The van der Waals surface area contributed by atoms with Crippen molar-refractivity contribution in [3.8, 4) is 22.2 Å². The second-order valence-corrected chi connectivity index (χ2v) is 19.5. The van der Waals surface area contributed by atoms with Gasteiger partial charge in [-0.1, -0.05) is 45.8 Å². The van der Waals surface area contributed by atoms with E-state index in [0.717, 1.165) is 47.3 Å². The Morgan fingerprint density at radius 2 is 1.89 bits per heavy atom. The maximum absolute atomic E-state index is 14.5. The number of carbonyl (C=O) groups excluding carboxylic acids is 3. The minimum atomic E-state index is -3.90. The average molecular weight is 777 g/mol. The number of carbonyl (C=O) groups is 3. The molecule has 1 aromatic carbocycles. The van der Waals surface area contributed by atoms with Crippen LogP contribution in [0.5, 0.6) is 11.5 Å². The van der Waals surface area contributed by atoms with Gasteiger partial charge in [0.2, 0.25) is 21.8 Å². The number of nitrogens with one attached hydrogen (secondary N) is 1. The number of rotatable bonds is 8. The van der Waals surface area contributed by atoms with Gasteiger partial charge in [0.1, 0.15) is 28.3 Å². The molecule has 11 nitrogen and oxygen atoms in total. The molecule has 0 spiro atoms. The lowest BCUT2D eigenvalue weighted by molar-refractivity contribution is -0.141. The maximum Gasteiger partial charge on any atom is 0.240 e. The number of aryl methyl sites for hydroxylation is 1. The number of aromatic nitrogens is 2. The number of pyridine rings is 1. The summed E-state index contributed by atoms with van der Waals surface area (Å²) in [6.45, 7) is 9.92. The third kappa shape index (κ3) is 7.30. The smallest absolute Gasteiger partial charge is 0.240 e. The summed E-state index contributed by atoms with van der Waals surface area (Å²) in [6.07, 6.45) is 9.32. The molecule has 290 valence electrons. The van der Waals surface area contributed by atoms with Crippen molar-refractivity contribution >= 4 is 49.9 Å². The number of Topliss-reactive ketones (excluding diaryl/α,β-unsaturated/α-hetero) is 1. The van der Waals surface area contributed by atoms with Crippen LogP contribution in [0.2, 0.25) is 0 Å². The van der Waals surface area contributed by atoms with Crippen molar-refractivity contribution in [2.75, 3.05) is 13.7 Å². The van der Waals surface area contributed by atoms with Crippen molar-refractivity contribution in [1.82, 2.24) is 19.6 Å². The number of allylic oxidation sites excluding steroid dienone is 2. The monoisotopic (exact) mass is 776 g/mol. The Morgan fingerprint density at radius 3 is 2.59 bits per heavy atom. The summed E-state index contributed by atoms with van der Waals surface area (Å²) < 4.78 is 40.2. The van der Waals surface area contributed by atoms with Crippen molar-refractivity contribution in [2.45, 2.75) is 122 Å². The molecule has 3 fully saturated rings. The van der Waals surface area contributed by atoms with E-state index in [1.165, 1.54) is 11.3 Å². The van der Waals surface area contributed by atoms with Gasteiger partial charge in [-0.3, -0.25) is 19.1 Å². The summed E-state index contributed by atoms with van der Waals surface area (Å²) in [5.74, 6) is 0.00634. The average Bonchev–Trinajstić information content (AvgIpc) is 3.90. The molecule has 1 N–H and O–H groups in total. The normalized spacial score (nSPS) is 27.8. The molecule has 54 heavy (non-hydrogen) atoms. The van der Waals surface area contributed by atoms with Crippen LogP contribution in [0.25, 0.3) is 21.6 Å². The van der Waals surface area contributed by atoms with Gasteiger partial charge in [-0.15, -0.1) is 11.3 Å². The topological polar surface area (TPSA) is 145 Å². The van der Waals surface area contributed by atoms with Crippen molar-refractivity contribution in [1.29, 1.82) is 0 Å². The minimum Gasteiger partial charge on any atom is -0.496 e. The van der Waals surface area contributed by atoms with E-state index in [2.05, 4.69) is 24.6 Å². The number of hydrogen-bond donors (Lipinski definition) is 1. The molecule has 7 rings (SSSR count). The van der Waals surface area contributed by atoms with Crippen molar-refractivity contribution in [2.24, 2.45) is 17.3 Å². The van der Waals surface area contributed by atoms with Gasteiger partial charge in [0.15, 0.2) is 5.78 Å². The van der Waals surface area contributed by atoms with E-state index in [4.69, 9.17) is 19.4 Å². The van der Waals surface area contributed by atoms with Crippen LogP contribution in [0.3, 0.4) is 0 Å². The van der Waals surface area contributed by atoms with Gasteiger partial charge >= 0.3 is 0 Å². The lowest BCUT2D eigenvalue weighted by Crippen LogP contribution is -2.46. The molecule has 2 aliphatic carbocycles. The predicted octanol–water partition coefficient (Wildman–Crippen LogP) is 7.27. The van der Waals surface area contributed by atoms with Crippen LogP contribution in [-0.2, 0) is 24.4 Å². The zero-order valence-electron chi connectivity index (χ0n) is 32.1. The SMILES string of the molecule is COc1ccc2c(O[C@@H]3C[C@H]4C(=O)C[C@]5(C(=O)NS(=O)(=O)C6(C)CC6)C[C@@H]5/C=C\CCCCC[C@H](C)C(=O)N4C3)cc(-c3nc(C(C)C)cs3)nc2c1C. The third-order valence-corrected chi connectivity index (χ3v) is 15.2. The van der Waals surface area contributed by atoms with Gasteiger partial charge in [-0.2, -0.15) is 0 Å². The number of benzene rings is 1. The Hall–Kier alpha value is -3.84. The molecule has 2 amide bonds. The van der Waals surface area contributed by atoms with Gasteiger partial charge in [0.25, 0.3) is 0 Å². The van der Waals surface area contributed by atoms with E-state index >= 15 is 0 Å². The van der Waals surface area contributed by atoms with Gasteiger partial charge in [0.05, 0.1) is 41.1 Å². The highest BCUT2D eigenvalue weighted by Crippen LogP contribution is 2.57. The molecule has 13 heteroatoms. The first-order valence-electron chi connectivity index (χ1n) is 19.3. The fourth-order valence-corrected chi connectivity index (χ4v) is 10.3. The van der Waals surface area contributed by atoms with E-state index in [0.29, 0.717) is 48.4 Å². The standard InChI is InChI=1S/C41H52N4O7S2/c1-24(2)31-23-53-37(43-31)30-19-35(29-14-15-34(51-6)26(4)36(29)42-30)52-28-18-32-33(46)21-41(39(48)44-54(49,50)40(5)16-17-40)20-27(41)13-11-9-7-8-10-12-25(3)38(47)45(32)22-28/h11,13-15,19,23-25,27-28,32H,7-10,12,16-18,20-22H2,1-6H3,(H,44,48)/b13-11-/t25-,27-,28+,32-,41+/m0/s1. The number of ketones is 1. The van der Waals surface area contributed by atoms with Crippen LogP contribution in [0.4, 0.5) is 0 Å². The molecule has 4 heterocycles. The summed E-state index contributed by atoms with van der Waals surface area (Å²) in [7, 11) is -2.27. The lowest BCUT2D eigenvalue weighted by atomic mass is 9.91. The van der Waals surface area contributed by atoms with Gasteiger partial charge in [0, 0.05) is 41.2 Å². The van der Waals surface area contributed by atoms with Crippen molar-refractivity contribution < 1.29 is 32.3 Å². The Morgan fingerprint density at radius 1 is 1.11 bits per heavy atom. The first-order chi connectivity index (χ1) is 25.7. The van der Waals surface area contributed by atoms with E-state index < -0.39 is 38.2 Å². The predicted molar refractivity (Wildman–Crippen MR) is 209 cm³/mol. The van der Waals surface area contributed by atoms with Crippen molar-refractivity contribution in [3.63, 3.8) is 0 Å². The molecule has 2 saturated carbocycles. The molecule has 2 aromatic heterocycles. The summed E-state index contributed by atoms with van der Waals surface area (Å²) in [6, 6.07) is 4.87.